The van der Waals surface area contributed by atoms with Crippen molar-refractivity contribution in [2.45, 2.75) is 39.0 Å². The van der Waals surface area contributed by atoms with Crippen LogP contribution < -0.4 is 9.47 Å². The van der Waals surface area contributed by atoms with Crippen LogP contribution in [0.1, 0.15) is 49.4 Å². The molecule has 4 heteroatoms. The average molecular weight is 355 g/mol. The minimum absolute atomic E-state index is 0.127. The van der Waals surface area contributed by atoms with E-state index in [9.17, 15) is 4.79 Å². The normalized spacial score (nSPS) is 21.9. The summed E-state index contributed by atoms with van der Waals surface area (Å²) >= 11 is 3.46. The number of halogens is 1. The maximum atomic E-state index is 12.8. The second kappa shape index (κ2) is 7.30. The largest absolute Gasteiger partial charge is 0.495 e. The van der Waals surface area contributed by atoms with Crippen molar-refractivity contribution in [1.29, 1.82) is 0 Å². The smallest absolute Gasteiger partial charge is 0.169 e. The van der Waals surface area contributed by atoms with Crippen LogP contribution in [0.4, 0.5) is 0 Å². The molecular formula is C17H23BrO3. The molecule has 0 aromatic heterocycles. The van der Waals surface area contributed by atoms with Gasteiger partial charge in [-0.15, -0.1) is 0 Å². The molecule has 0 radical (unpaired) electrons. The number of ether oxygens (including phenoxy) is 2. The van der Waals surface area contributed by atoms with Crippen LogP contribution in [-0.4, -0.2) is 20.0 Å². The Hall–Kier alpha value is -1.03. The molecule has 116 valence electrons. The lowest BCUT2D eigenvalue weighted by Crippen LogP contribution is -2.22. The number of ketones is 1. The number of carbonyl (C=O) groups excluding carboxylic acids is 1. The second-order valence-corrected chi connectivity index (χ2v) is 6.45. The van der Waals surface area contributed by atoms with E-state index in [1.165, 1.54) is 6.42 Å². The molecule has 1 aromatic rings. The van der Waals surface area contributed by atoms with Crippen LogP contribution in [-0.2, 0) is 0 Å². The third-order valence-corrected chi connectivity index (χ3v) is 5.30. The third kappa shape index (κ3) is 3.42. The number of benzene rings is 1. The third-order valence-electron chi connectivity index (χ3n) is 4.55. The monoisotopic (exact) mass is 354 g/mol. The SMILES string of the molecule is CCC1CCC(C(=O)c2ccc(OC)c(Br)c2OC)CC1. The first kappa shape index (κ1) is 16.3. The van der Waals surface area contributed by atoms with Crippen molar-refractivity contribution in [3.63, 3.8) is 0 Å². The van der Waals surface area contributed by atoms with Gasteiger partial charge in [-0.05, 0) is 59.7 Å². The summed E-state index contributed by atoms with van der Waals surface area (Å²) in [7, 11) is 3.19. The quantitative estimate of drug-likeness (QED) is 0.707. The van der Waals surface area contributed by atoms with Gasteiger partial charge >= 0.3 is 0 Å². The van der Waals surface area contributed by atoms with Gasteiger partial charge in [-0.1, -0.05) is 13.3 Å². The molecular weight excluding hydrogens is 332 g/mol. The van der Waals surface area contributed by atoms with Gasteiger partial charge in [-0.3, -0.25) is 4.79 Å². The van der Waals surface area contributed by atoms with Gasteiger partial charge in [-0.25, -0.2) is 0 Å². The van der Waals surface area contributed by atoms with E-state index in [1.807, 2.05) is 12.1 Å². The van der Waals surface area contributed by atoms with Gasteiger partial charge in [0.2, 0.25) is 0 Å². The number of rotatable bonds is 5. The number of methoxy groups -OCH3 is 2. The zero-order valence-corrected chi connectivity index (χ0v) is 14.5. The van der Waals surface area contributed by atoms with Gasteiger partial charge < -0.3 is 9.47 Å². The van der Waals surface area contributed by atoms with Gasteiger partial charge in [0.25, 0.3) is 0 Å². The molecule has 1 aliphatic carbocycles. The van der Waals surface area contributed by atoms with Crippen LogP contribution in [0.25, 0.3) is 0 Å². The molecule has 0 heterocycles. The van der Waals surface area contributed by atoms with Crippen molar-refractivity contribution in [3.05, 3.63) is 22.2 Å². The van der Waals surface area contributed by atoms with Gasteiger partial charge in [0.1, 0.15) is 16.0 Å². The van der Waals surface area contributed by atoms with Crippen LogP contribution in [0.2, 0.25) is 0 Å². The topological polar surface area (TPSA) is 35.5 Å². The van der Waals surface area contributed by atoms with Gasteiger partial charge in [-0.2, -0.15) is 0 Å². The zero-order chi connectivity index (χ0) is 15.4. The minimum atomic E-state index is 0.127. The lowest BCUT2D eigenvalue weighted by Gasteiger charge is -2.27. The molecule has 2 rings (SSSR count). The molecule has 1 aromatic carbocycles. The summed E-state index contributed by atoms with van der Waals surface area (Å²) in [5.41, 5.74) is 0.658. The van der Waals surface area contributed by atoms with E-state index < -0.39 is 0 Å². The summed E-state index contributed by atoms with van der Waals surface area (Å²) in [6.07, 6.45) is 5.52. The van der Waals surface area contributed by atoms with Gasteiger partial charge in [0.05, 0.1) is 19.8 Å². The van der Waals surface area contributed by atoms with Crippen LogP contribution >= 0.6 is 15.9 Å². The van der Waals surface area contributed by atoms with Crippen molar-refractivity contribution in [2.75, 3.05) is 14.2 Å². The molecule has 0 spiro atoms. The lowest BCUT2D eigenvalue weighted by atomic mass is 9.77. The number of carbonyl (C=O) groups is 1. The fourth-order valence-electron chi connectivity index (χ4n) is 3.14. The standard InChI is InChI=1S/C17H23BrO3/c1-4-11-5-7-12(8-6-11)16(19)13-9-10-14(20-2)15(18)17(13)21-3/h9-12H,4-8H2,1-3H3. The Bertz CT molecular complexity index is 505. The summed E-state index contributed by atoms with van der Waals surface area (Å²) in [5, 5.41) is 0. The van der Waals surface area contributed by atoms with Crippen LogP contribution in [0.15, 0.2) is 16.6 Å². The Kier molecular flexibility index (Phi) is 5.68. The second-order valence-electron chi connectivity index (χ2n) is 5.65. The fraction of sp³-hybridized carbons (Fsp3) is 0.588. The van der Waals surface area contributed by atoms with E-state index in [1.54, 1.807) is 14.2 Å². The molecule has 21 heavy (non-hydrogen) atoms. The fourth-order valence-corrected chi connectivity index (χ4v) is 3.81. The number of Topliss-reactive ketones (excluding diaryl/α,β-unsaturated/α-hetero) is 1. The molecule has 1 aliphatic rings. The highest BCUT2D eigenvalue weighted by molar-refractivity contribution is 9.10. The van der Waals surface area contributed by atoms with Crippen molar-refractivity contribution in [3.8, 4) is 11.5 Å². The highest BCUT2D eigenvalue weighted by atomic mass is 79.9. The molecule has 0 atom stereocenters. The number of hydrogen-bond acceptors (Lipinski definition) is 3. The predicted molar refractivity (Wildman–Crippen MR) is 87.3 cm³/mol. The first-order valence-corrected chi connectivity index (χ1v) is 8.36. The maximum Gasteiger partial charge on any atom is 0.169 e. The summed E-state index contributed by atoms with van der Waals surface area (Å²) in [4.78, 5) is 12.8. The van der Waals surface area contributed by atoms with E-state index in [0.29, 0.717) is 21.5 Å². The first-order chi connectivity index (χ1) is 10.1. The van der Waals surface area contributed by atoms with Gasteiger partial charge in [0.15, 0.2) is 5.78 Å². The van der Waals surface area contributed by atoms with Gasteiger partial charge in [0, 0.05) is 5.92 Å². The Morgan fingerprint density at radius 2 is 1.86 bits per heavy atom. The summed E-state index contributed by atoms with van der Waals surface area (Å²) in [6, 6.07) is 3.63. The average Bonchev–Trinajstić information content (AvgIpc) is 2.54. The summed E-state index contributed by atoms with van der Waals surface area (Å²) in [5.74, 6) is 2.38. The summed E-state index contributed by atoms with van der Waals surface area (Å²) in [6.45, 7) is 2.23. The maximum absolute atomic E-state index is 12.8. The number of hydrogen-bond donors (Lipinski definition) is 0. The Morgan fingerprint density at radius 3 is 2.38 bits per heavy atom. The predicted octanol–water partition coefficient (Wildman–Crippen LogP) is 4.87. The van der Waals surface area contributed by atoms with Crippen LogP contribution in [0, 0.1) is 11.8 Å². The highest BCUT2D eigenvalue weighted by Gasteiger charge is 2.29. The molecule has 1 fully saturated rings. The summed E-state index contributed by atoms with van der Waals surface area (Å²) < 4.78 is 11.4. The van der Waals surface area contributed by atoms with E-state index in [4.69, 9.17) is 9.47 Å². The molecule has 0 N–H and O–H groups in total. The molecule has 0 bridgehead atoms. The van der Waals surface area contributed by atoms with Crippen molar-refractivity contribution >= 4 is 21.7 Å². The molecule has 0 amide bonds. The van der Waals surface area contributed by atoms with E-state index in [0.717, 1.165) is 31.6 Å². The lowest BCUT2D eigenvalue weighted by molar-refractivity contribution is 0.0867. The van der Waals surface area contributed by atoms with Crippen LogP contribution in [0.3, 0.4) is 0 Å². The molecule has 0 unspecified atom stereocenters. The minimum Gasteiger partial charge on any atom is -0.495 e. The van der Waals surface area contributed by atoms with Crippen LogP contribution in [0.5, 0.6) is 11.5 Å². The Balaban J connectivity index is 2.22. The van der Waals surface area contributed by atoms with E-state index in [2.05, 4.69) is 22.9 Å². The molecule has 3 nitrogen and oxygen atoms in total. The van der Waals surface area contributed by atoms with E-state index in [-0.39, 0.29) is 11.7 Å². The highest BCUT2D eigenvalue weighted by Crippen LogP contribution is 2.40. The Morgan fingerprint density at radius 1 is 1.19 bits per heavy atom. The molecule has 0 saturated heterocycles. The van der Waals surface area contributed by atoms with Crippen molar-refractivity contribution in [2.24, 2.45) is 11.8 Å². The van der Waals surface area contributed by atoms with Crippen molar-refractivity contribution in [1.82, 2.24) is 0 Å². The van der Waals surface area contributed by atoms with Crippen molar-refractivity contribution < 1.29 is 14.3 Å². The van der Waals surface area contributed by atoms with E-state index >= 15 is 0 Å². The molecule has 1 saturated carbocycles. The zero-order valence-electron chi connectivity index (χ0n) is 12.9. The molecule has 0 aliphatic heterocycles. The first-order valence-electron chi connectivity index (χ1n) is 7.57. The Labute approximate surface area is 135 Å².